The number of ether oxygens (including phenoxy) is 1. The summed E-state index contributed by atoms with van der Waals surface area (Å²) in [6, 6.07) is 21.3. The lowest BCUT2D eigenvalue weighted by atomic mass is 10.1. The molecule has 2 aromatic carbocycles. The van der Waals surface area contributed by atoms with E-state index in [2.05, 4.69) is 15.4 Å². The summed E-state index contributed by atoms with van der Waals surface area (Å²) >= 11 is 0. The first kappa shape index (κ1) is 17.7. The molecule has 1 N–H and O–H groups in total. The van der Waals surface area contributed by atoms with Crippen LogP contribution in [0.25, 0.3) is 22.2 Å². The van der Waals surface area contributed by atoms with Crippen molar-refractivity contribution in [1.82, 2.24) is 20.1 Å². The smallest absolute Gasteiger partial charge is 0.269 e. The molecule has 2 heterocycles. The molecule has 0 bridgehead atoms. The molecule has 140 valence electrons. The quantitative estimate of drug-likeness (QED) is 0.527. The van der Waals surface area contributed by atoms with Crippen molar-refractivity contribution in [3.63, 3.8) is 0 Å². The van der Waals surface area contributed by atoms with Crippen molar-refractivity contribution in [3.8, 4) is 17.0 Å². The number of carbonyl (C=O) groups excluding carboxylic acids is 1. The number of carbonyl (C=O) groups is 1. The van der Waals surface area contributed by atoms with E-state index < -0.39 is 0 Å². The van der Waals surface area contributed by atoms with Crippen molar-refractivity contribution >= 4 is 16.8 Å². The number of pyridine rings is 1. The van der Waals surface area contributed by atoms with Gasteiger partial charge >= 0.3 is 0 Å². The third kappa shape index (κ3) is 3.71. The second-order valence-corrected chi connectivity index (χ2v) is 6.34. The Kier molecular flexibility index (Phi) is 5.01. The lowest BCUT2D eigenvalue weighted by Gasteiger charge is -2.09. The van der Waals surface area contributed by atoms with Gasteiger partial charge in [0.1, 0.15) is 23.6 Å². The summed E-state index contributed by atoms with van der Waals surface area (Å²) < 4.78 is 7.40. The van der Waals surface area contributed by atoms with Crippen LogP contribution < -0.4 is 10.1 Å². The van der Waals surface area contributed by atoms with E-state index in [4.69, 9.17) is 4.74 Å². The van der Waals surface area contributed by atoms with Gasteiger partial charge in [-0.1, -0.05) is 48.5 Å². The minimum absolute atomic E-state index is 0.183. The Morgan fingerprint density at radius 2 is 1.89 bits per heavy atom. The summed E-state index contributed by atoms with van der Waals surface area (Å²) in [7, 11) is 1.76. The molecule has 4 aromatic rings. The van der Waals surface area contributed by atoms with E-state index in [9.17, 15) is 4.79 Å². The number of para-hydroxylation sites is 1. The van der Waals surface area contributed by atoms with E-state index >= 15 is 0 Å². The van der Waals surface area contributed by atoms with Crippen molar-refractivity contribution in [3.05, 3.63) is 78.6 Å². The molecular formula is C22H20N4O2. The Labute approximate surface area is 162 Å². The highest BCUT2D eigenvalue weighted by Crippen LogP contribution is 2.22. The number of fused-ring (bicyclic) bond motifs is 1. The molecule has 0 fully saturated rings. The summed E-state index contributed by atoms with van der Waals surface area (Å²) in [5, 5.41) is 8.33. The Balaban J connectivity index is 1.37. The molecule has 0 atom stereocenters. The number of hydrogen-bond acceptors (Lipinski definition) is 4. The van der Waals surface area contributed by atoms with Gasteiger partial charge in [0.05, 0.1) is 12.2 Å². The molecule has 0 spiro atoms. The van der Waals surface area contributed by atoms with Crippen molar-refractivity contribution < 1.29 is 9.53 Å². The van der Waals surface area contributed by atoms with Gasteiger partial charge in [-0.05, 0) is 18.2 Å². The highest BCUT2D eigenvalue weighted by molar-refractivity contribution is 5.93. The third-order valence-electron chi connectivity index (χ3n) is 4.42. The first-order chi connectivity index (χ1) is 13.7. The van der Waals surface area contributed by atoms with Gasteiger partial charge < -0.3 is 10.1 Å². The topological polar surface area (TPSA) is 69.0 Å². The van der Waals surface area contributed by atoms with Crippen LogP contribution in [0.15, 0.2) is 72.9 Å². The molecule has 6 heteroatoms. The number of aryl methyl sites for hydroxylation is 1. The van der Waals surface area contributed by atoms with E-state index in [0.717, 1.165) is 22.2 Å². The van der Waals surface area contributed by atoms with Gasteiger partial charge in [0.2, 0.25) is 0 Å². The zero-order valence-corrected chi connectivity index (χ0v) is 15.5. The molecule has 28 heavy (non-hydrogen) atoms. The molecule has 0 aliphatic carbocycles. The van der Waals surface area contributed by atoms with Crippen LogP contribution in [0, 0.1) is 0 Å². The maximum absolute atomic E-state index is 12.5. The average Bonchev–Trinajstić information content (AvgIpc) is 3.13. The van der Waals surface area contributed by atoms with Crippen molar-refractivity contribution in [2.75, 3.05) is 13.2 Å². The Hall–Kier alpha value is -3.67. The lowest BCUT2D eigenvalue weighted by Crippen LogP contribution is -2.29. The predicted molar refractivity (Wildman–Crippen MR) is 108 cm³/mol. The monoisotopic (exact) mass is 372 g/mol. The molecule has 6 nitrogen and oxygen atoms in total. The van der Waals surface area contributed by atoms with Gasteiger partial charge in [-0.15, -0.1) is 0 Å². The molecular weight excluding hydrogens is 352 g/mol. The molecule has 2 aromatic heterocycles. The Morgan fingerprint density at radius 3 is 2.75 bits per heavy atom. The van der Waals surface area contributed by atoms with Crippen molar-refractivity contribution in [2.24, 2.45) is 7.05 Å². The fraction of sp³-hybridized carbons (Fsp3) is 0.136. The van der Waals surface area contributed by atoms with E-state index in [-0.39, 0.29) is 5.91 Å². The summed E-state index contributed by atoms with van der Waals surface area (Å²) in [5.74, 6) is 0.524. The van der Waals surface area contributed by atoms with E-state index in [1.165, 1.54) is 0 Å². The van der Waals surface area contributed by atoms with Crippen LogP contribution in [0.3, 0.4) is 0 Å². The second kappa shape index (κ2) is 7.92. The standard InChI is InChI=1S/C22H20N4O2/c1-26-19(15-18(25-26)16-7-3-2-4-8-16)22(27)24-13-14-28-20-11-5-9-17-10-6-12-23-21(17)20/h2-12,15H,13-14H2,1H3,(H,24,27). The van der Waals surface area contributed by atoms with Crippen molar-refractivity contribution in [2.45, 2.75) is 0 Å². The zero-order valence-electron chi connectivity index (χ0n) is 15.5. The van der Waals surface area contributed by atoms with E-state index in [0.29, 0.717) is 24.6 Å². The van der Waals surface area contributed by atoms with Crippen molar-refractivity contribution in [1.29, 1.82) is 0 Å². The summed E-state index contributed by atoms with van der Waals surface area (Å²) in [4.78, 5) is 16.9. The fourth-order valence-electron chi connectivity index (χ4n) is 3.04. The van der Waals surface area contributed by atoms with Crippen LogP contribution >= 0.6 is 0 Å². The minimum atomic E-state index is -0.183. The van der Waals surface area contributed by atoms with Gasteiger partial charge in [0.15, 0.2) is 0 Å². The van der Waals surface area contributed by atoms with Crippen LogP contribution in [0.1, 0.15) is 10.5 Å². The number of benzene rings is 2. The highest BCUT2D eigenvalue weighted by Gasteiger charge is 2.14. The number of nitrogens with one attached hydrogen (secondary N) is 1. The predicted octanol–water partition coefficient (Wildman–Crippen LogP) is 3.44. The molecule has 0 saturated carbocycles. The number of hydrogen-bond donors (Lipinski definition) is 1. The number of amides is 1. The van der Waals surface area contributed by atoms with Gasteiger partial charge in [0.25, 0.3) is 5.91 Å². The van der Waals surface area contributed by atoms with Crippen LogP contribution in [0.5, 0.6) is 5.75 Å². The van der Waals surface area contributed by atoms with Gasteiger partial charge in [-0.25, -0.2) is 0 Å². The van der Waals surface area contributed by atoms with Gasteiger partial charge in [0, 0.05) is 24.2 Å². The first-order valence-electron chi connectivity index (χ1n) is 9.06. The van der Waals surface area contributed by atoms with Gasteiger partial charge in [-0.3, -0.25) is 14.5 Å². The summed E-state index contributed by atoms with van der Waals surface area (Å²) in [6.45, 7) is 0.735. The molecule has 0 aliphatic heterocycles. The highest BCUT2D eigenvalue weighted by atomic mass is 16.5. The molecule has 1 amide bonds. The third-order valence-corrected chi connectivity index (χ3v) is 4.42. The number of rotatable bonds is 6. The van der Waals surface area contributed by atoms with Crippen LogP contribution in [0.2, 0.25) is 0 Å². The van der Waals surface area contributed by atoms with Crippen LogP contribution in [-0.2, 0) is 7.05 Å². The second-order valence-electron chi connectivity index (χ2n) is 6.34. The maximum atomic E-state index is 12.5. The molecule has 0 aliphatic rings. The minimum Gasteiger partial charge on any atom is -0.489 e. The maximum Gasteiger partial charge on any atom is 0.269 e. The fourth-order valence-corrected chi connectivity index (χ4v) is 3.04. The van der Waals surface area contributed by atoms with Crippen LogP contribution in [0.4, 0.5) is 0 Å². The number of aromatic nitrogens is 3. The molecule has 0 saturated heterocycles. The average molecular weight is 372 g/mol. The lowest BCUT2D eigenvalue weighted by molar-refractivity contribution is 0.0937. The zero-order chi connectivity index (χ0) is 19.3. The van der Waals surface area contributed by atoms with Crippen LogP contribution in [-0.4, -0.2) is 33.8 Å². The van der Waals surface area contributed by atoms with E-state index in [1.807, 2.05) is 60.7 Å². The SMILES string of the molecule is Cn1nc(-c2ccccc2)cc1C(=O)NCCOc1cccc2cccnc12. The van der Waals surface area contributed by atoms with E-state index in [1.54, 1.807) is 24.0 Å². The molecule has 0 unspecified atom stereocenters. The summed E-state index contributed by atoms with van der Waals surface area (Å²) in [6.07, 6.45) is 1.74. The Morgan fingerprint density at radius 1 is 1.07 bits per heavy atom. The Bertz CT molecular complexity index is 1100. The molecule has 4 rings (SSSR count). The molecule has 0 radical (unpaired) electrons. The summed E-state index contributed by atoms with van der Waals surface area (Å²) in [5.41, 5.74) is 3.07. The number of nitrogens with zero attached hydrogens (tertiary/aromatic N) is 3. The normalized spacial score (nSPS) is 10.8. The first-order valence-corrected chi connectivity index (χ1v) is 9.06. The largest absolute Gasteiger partial charge is 0.489 e. The van der Waals surface area contributed by atoms with Gasteiger partial charge in [-0.2, -0.15) is 5.10 Å².